The third kappa shape index (κ3) is 4.89. The van der Waals surface area contributed by atoms with E-state index in [1.54, 1.807) is 17.4 Å². The van der Waals surface area contributed by atoms with Crippen molar-refractivity contribution in [2.75, 3.05) is 0 Å². The average Bonchev–Trinajstić information content (AvgIpc) is 2.94. The number of nitrogens with two attached hydrogens (primary N) is 1. The summed E-state index contributed by atoms with van der Waals surface area (Å²) in [6, 6.07) is 9.98. The molecule has 2 rings (SSSR count). The second kappa shape index (κ2) is 8.60. The van der Waals surface area contributed by atoms with E-state index >= 15 is 0 Å². The van der Waals surface area contributed by atoms with Gasteiger partial charge in [0.15, 0.2) is 0 Å². The molecule has 0 radical (unpaired) electrons. The lowest BCUT2D eigenvalue weighted by molar-refractivity contribution is 0.363. The number of rotatable bonds is 8. The Hall–Kier alpha value is -1.19. The lowest BCUT2D eigenvalue weighted by Crippen LogP contribution is -2.29. The maximum atomic E-state index is 14.4. The molecule has 3 heteroatoms. The molecule has 0 aliphatic heterocycles. The first kappa shape index (κ1) is 18.2. The molecule has 1 heterocycles. The topological polar surface area (TPSA) is 26.0 Å². The monoisotopic (exact) mass is 333 g/mol. The van der Waals surface area contributed by atoms with Crippen molar-refractivity contribution in [3.05, 3.63) is 46.6 Å². The summed E-state index contributed by atoms with van der Waals surface area (Å²) in [5.41, 5.74) is 8.04. The standard InChI is InChI=1S/C20H28FNS/c1-4-6-19(22)16(5-2)10-8-15-9-11-17(18(21)13-15)20-12-7-14(3)23-20/h7,9,11-13,16,19H,4-6,8,10,22H2,1-3H3. The highest BCUT2D eigenvalue weighted by atomic mass is 32.1. The lowest BCUT2D eigenvalue weighted by atomic mass is 9.88. The van der Waals surface area contributed by atoms with Crippen molar-refractivity contribution >= 4 is 11.3 Å². The molecule has 1 nitrogen and oxygen atoms in total. The Kier molecular flexibility index (Phi) is 6.79. The summed E-state index contributed by atoms with van der Waals surface area (Å²) in [4.78, 5) is 2.21. The molecule has 0 saturated carbocycles. The van der Waals surface area contributed by atoms with E-state index in [1.165, 1.54) is 4.88 Å². The number of aryl methyl sites for hydroxylation is 2. The summed E-state index contributed by atoms with van der Waals surface area (Å²) in [6.07, 6.45) is 5.23. The van der Waals surface area contributed by atoms with E-state index < -0.39 is 0 Å². The molecule has 0 aliphatic rings. The van der Waals surface area contributed by atoms with Gasteiger partial charge in [-0.25, -0.2) is 4.39 Å². The number of hydrogen-bond acceptors (Lipinski definition) is 2. The average molecular weight is 334 g/mol. The van der Waals surface area contributed by atoms with Gasteiger partial charge in [-0.15, -0.1) is 11.3 Å². The zero-order valence-electron chi connectivity index (χ0n) is 14.4. The van der Waals surface area contributed by atoms with Gasteiger partial charge in [0.25, 0.3) is 0 Å². The van der Waals surface area contributed by atoms with Gasteiger partial charge in [-0.1, -0.05) is 38.8 Å². The molecule has 23 heavy (non-hydrogen) atoms. The van der Waals surface area contributed by atoms with Crippen molar-refractivity contribution in [2.45, 2.75) is 58.9 Å². The van der Waals surface area contributed by atoms with Crippen molar-refractivity contribution < 1.29 is 4.39 Å². The second-order valence-electron chi connectivity index (χ2n) is 6.38. The first-order valence-corrected chi connectivity index (χ1v) is 9.47. The molecule has 1 aromatic heterocycles. The Labute approximate surface area is 143 Å². The van der Waals surface area contributed by atoms with Gasteiger partial charge in [-0.05, 0) is 55.9 Å². The largest absolute Gasteiger partial charge is 0.327 e. The van der Waals surface area contributed by atoms with Crippen LogP contribution in [0.15, 0.2) is 30.3 Å². The molecular formula is C20H28FNS. The van der Waals surface area contributed by atoms with Gasteiger partial charge in [-0.2, -0.15) is 0 Å². The van der Waals surface area contributed by atoms with Crippen molar-refractivity contribution in [1.29, 1.82) is 0 Å². The highest BCUT2D eigenvalue weighted by Crippen LogP contribution is 2.30. The van der Waals surface area contributed by atoms with Crippen LogP contribution in [0, 0.1) is 18.7 Å². The fourth-order valence-electron chi connectivity index (χ4n) is 3.14. The van der Waals surface area contributed by atoms with Gasteiger partial charge in [-0.3, -0.25) is 0 Å². The van der Waals surface area contributed by atoms with E-state index in [0.29, 0.717) is 11.5 Å². The van der Waals surface area contributed by atoms with Gasteiger partial charge in [0.1, 0.15) is 5.82 Å². The summed E-state index contributed by atoms with van der Waals surface area (Å²) in [7, 11) is 0. The zero-order chi connectivity index (χ0) is 16.8. The Morgan fingerprint density at radius 3 is 2.48 bits per heavy atom. The van der Waals surface area contributed by atoms with Gasteiger partial charge < -0.3 is 5.73 Å². The SMILES string of the molecule is CCCC(N)C(CC)CCc1ccc(-c2ccc(C)s2)c(F)c1. The third-order valence-corrected chi connectivity index (χ3v) is 5.63. The third-order valence-electron chi connectivity index (χ3n) is 4.60. The number of thiophene rings is 1. The van der Waals surface area contributed by atoms with E-state index in [4.69, 9.17) is 5.73 Å². The van der Waals surface area contributed by atoms with Gasteiger partial charge in [0, 0.05) is 21.4 Å². The summed E-state index contributed by atoms with van der Waals surface area (Å²) >= 11 is 1.64. The highest BCUT2D eigenvalue weighted by molar-refractivity contribution is 7.15. The summed E-state index contributed by atoms with van der Waals surface area (Å²) in [5.74, 6) is 0.410. The fraction of sp³-hybridized carbons (Fsp3) is 0.500. The molecule has 2 N–H and O–H groups in total. The normalized spacial score (nSPS) is 14.0. The number of benzene rings is 1. The molecule has 2 atom stereocenters. The molecule has 0 amide bonds. The molecule has 0 fully saturated rings. The minimum absolute atomic E-state index is 0.116. The van der Waals surface area contributed by atoms with Crippen LogP contribution < -0.4 is 5.73 Å². The van der Waals surface area contributed by atoms with Gasteiger partial charge in [0.2, 0.25) is 0 Å². The summed E-state index contributed by atoms with van der Waals surface area (Å²) in [6.45, 7) is 6.42. The maximum Gasteiger partial charge on any atom is 0.132 e. The Balaban J connectivity index is 2.03. The molecule has 2 unspecified atom stereocenters. The van der Waals surface area contributed by atoms with Crippen LogP contribution in [0.5, 0.6) is 0 Å². The molecule has 0 aliphatic carbocycles. The van der Waals surface area contributed by atoms with Crippen LogP contribution >= 0.6 is 11.3 Å². The molecule has 2 aromatic rings. The van der Waals surface area contributed by atoms with E-state index in [0.717, 1.165) is 42.5 Å². The van der Waals surface area contributed by atoms with Crippen LogP contribution in [-0.4, -0.2) is 6.04 Å². The van der Waals surface area contributed by atoms with Crippen LogP contribution in [-0.2, 0) is 6.42 Å². The van der Waals surface area contributed by atoms with Crippen LogP contribution in [0.2, 0.25) is 0 Å². The molecule has 0 saturated heterocycles. The Bertz CT molecular complexity index is 620. The first-order chi connectivity index (χ1) is 11.0. The van der Waals surface area contributed by atoms with Crippen LogP contribution in [0.1, 0.15) is 50.0 Å². The van der Waals surface area contributed by atoms with E-state index in [-0.39, 0.29) is 11.9 Å². The van der Waals surface area contributed by atoms with Crippen molar-refractivity contribution in [2.24, 2.45) is 11.7 Å². The van der Waals surface area contributed by atoms with Gasteiger partial charge >= 0.3 is 0 Å². The first-order valence-electron chi connectivity index (χ1n) is 8.66. The highest BCUT2D eigenvalue weighted by Gasteiger charge is 2.15. The predicted octanol–water partition coefficient (Wildman–Crippen LogP) is 5.95. The minimum atomic E-state index is -0.116. The summed E-state index contributed by atoms with van der Waals surface area (Å²) < 4.78 is 14.4. The fourth-order valence-corrected chi connectivity index (χ4v) is 4.03. The molecule has 126 valence electrons. The van der Waals surface area contributed by atoms with Crippen molar-refractivity contribution in [1.82, 2.24) is 0 Å². The molecular weight excluding hydrogens is 305 g/mol. The van der Waals surface area contributed by atoms with Gasteiger partial charge in [0.05, 0.1) is 0 Å². The second-order valence-corrected chi connectivity index (χ2v) is 7.67. The number of halogens is 1. The van der Waals surface area contributed by atoms with E-state index in [9.17, 15) is 4.39 Å². The van der Waals surface area contributed by atoms with E-state index in [2.05, 4.69) is 19.9 Å². The smallest absolute Gasteiger partial charge is 0.132 e. The molecule has 0 spiro atoms. The maximum absolute atomic E-state index is 14.4. The van der Waals surface area contributed by atoms with Crippen LogP contribution in [0.4, 0.5) is 4.39 Å². The zero-order valence-corrected chi connectivity index (χ0v) is 15.3. The Morgan fingerprint density at radius 1 is 1.13 bits per heavy atom. The molecule has 1 aromatic carbocycles. The van der Waals surface area contributed by atoms with Crippen LogP contribution in [0.25, 0.3) is 10.4 Å². The Morgan fingerprint density at radius 2 is 1.91 bits per heavy atom. The number of hydrogen-bond donors (Lipinski definition) is 1. The van der Waals surface area contributed by atoms with E-state index in [1.807, 2.05) is 25.1 Å². The van der Waals surface area contributed by atoms with Crippen LogP contribution in [0.3, 0.4) is 0 Å². The minimum Gasteiger partial charge on any atom is -0.327 e. The summed E-state index contributed by atoms with van der Waals surface area (Å²) in [5, 5.41) is 0. The molecule has 0 bridgehead atoms. The predicted molar refractivity (Wildman–Crippen MR) is 99.4 cm³/mol. The quantitative estimate of drug-likeness (QED) is 0.635. The lowest BCUT2D eigenvalue weighted by Gasteiger charge is -2.22. The van der Waals surface area contributed by atoms with Crippen molar-refractivity contribution in [3.8, 4) is 10.4 Å². The van der Waals surface area contributed by atoms with Crippen molar-refractivity contribution in [3.63, 3.8) is 0 Å².